The van der Waals surface area contributed by atoms with E-state index < -0.39 is 0 Å². The van der Waals surface area contributed by atoms with Crippen molar-refractivity contribution in [3.63, 3.8) is 0 Å². The molecule has 36 heavy (non-hydrogen) atoms. The van der Waals surface area contributed by atoms with E-state index in [0.717, 1.165) is 5.92 Å². The Hall–Kier alpha value is -0.0400. The lowest BCUT2D eigenvalue weighted by Gasteiger charge is -2.16. The van der Waals surface area contributed by atoms with Crippen LogP contribution in [0.15, 0.2) is 0 Å². The molecule has 1 nitrogen and oxygen atoms in total. The molecule has 0 radical (unpaired) electrons. The van der Waals surface area contributed by atoms with Gasteiger partial charge in [0.05, 0.1) is 0 Å². The lowest BCUT2D eigenvalue weighted by atomic mass is 9.94. The summed E-state index contributed by atoms with van der Waals surface area (Å²) >= 11 is 0. The van der Waals surface area contributed by atoms with Crippen LogP contribution in [0, 0.1) is 5.92 Å². The van der Waals surface area contributed by atoms with Crippen molar-refractivity contribution in [3.8, 4) is 0 Å². The summed E-state index contributed by atoms with van der Waals surface area (Å²) in [5, 5.41) is 3.47. The normalized spacial score (nSPS) is 11.7. The molecule has 218 valence electrons. The van der Waals surface area contributed by atoms with E-state index >= 15 is 0 Å². The Kier molecular flexibility index (Phi) is 33.0. The molecule has 0 aromatic carbocycles. The first-order valence-electron chi connectivity index (χ1n) is 17.5. The van der Waals surface area contributed by atoms with E-state index in [4.69, 9.17) is 0 Å². The van der Waals surface area contributed by atoms with Gasteiger partial charge in [-0.1, -0.05) is 194 Å². The molecule has 0 saturated heterocycles. The van der Waals surface area contributed by atoms with E-state index in [1.807, 2.05) is 0 Å². The van der Waals surface area contributed by atoms with Crippen LogP contribution >= 0.6 is 0 Å². The van der Waals surface area contributed by atoms with Gasteiger partial charge in [-0.15, -0.1) is 0 Å². The second-order valence-corrected chi connectivity index (χ2v) is 12.2. The highest BCUT2D eigenvalue weighted by molar-refractivity contribution is 4.63. The largest absolute Gasteiger partial charge is 0.319 e. The standard InChI is InChI=1S/C35H73N/c1-4-6-8-10-12-14-16-18-20-22-24-26-28-30-32-35(34-36-3)33-31-29-27-25-23-21-19-17-15-13-11-9-7-5-2/h35-36H,4-34H2,1-3H3. The maximum Gasteiger partial charge on any atom is -0.00235 e. The maximum atomic E-state index is 3.47. The van der Waals surface area contributed by atoms with Crippen LogP contribution in [0.5, 0.6) is 0 Å². The topological polar surface area (TPSA) is 12.0 Å². The quantitative estimate of drug-likeness (QED) is 0.0892. The summed E-state index contributed by atoms with van der Waals surface area (Å²) in [5.74, 6) is 0.921. The Morgan fingerprint density at radius 3 is 0.778 bits per heavy atom. The van der Waals surface area contributed by atoms with Crippen molar-refractivity contribution in [1.82, 2.24) is 5.32 Å². The number of rotatable bonds is 32. The first-order chi connectivity index (χ1) is 17.8. The molecule has 0 unspecified atom stereocenters. The SMILES string of the molecule is CCCCCCCCCCCCCCCCC(CCCCCCCCCCCCCCCC)CNC. The lowest BCUT2D eigenvalue weighted by molar-refractivity contribution is 0.390. The van der Waals surface area contributed by atoms with E-state index in [2.05, 4.69) is 26.2 Å². The van der Waals surface area contributed by atoms with Crippen LogP contribution in [0.1, 0.15) is 206 Å². The van der Waals surface area contributed by atoms with E-state index in [1.165, 1.54) is 199 Å². The molecule has 1 N–H and O–H groups in total. The number of hydrogen-bond acceptors (Lipinski definition) is 1. The highest BCUT2D eigenvalue weighted by Crippen LogP contribution is 2.20. The minimum atomic E-state index is 0.921. The lowest BCUT2D eigenvalue weighted by Crippen LogP contribution is -2.18. The molecule has 0 amide bonds. The summed E-state index contributed by atoms with van der Waals surface area (Å²) in [7, 11) is 2.14. The van der Waals surface area contributed by atoms with Crippen LogP contribution in [-0.4, -0.2) is 13.6 Å². The van der Waals surface area contributed by atoms with Gasteiger partial charge in [-0.3, -0.25) is 0 Å². The molecular formula is C35H73N. The van der Waals surface area contributed by atoms with Crippen molar-refractivity contribution in [1.29, 1.82) is 0 Å². The summed E-state index contributed by atoms with van der Waals surface area (Å²) in [5.41, 5.74) is 0. The highest BCUT2D eigenvalue weighted by Gasteiger charge is 2.07. The fourth-order valence-electron chi connectivity index (χ4n) is 5.89. The van der Waals surface area contributed by atoms with E-state index in [-0.39, 0.29) is 0 Å². The maximum absolute atomic E-state index is 3.47. The van der Waals surface area contributed by atoms with Crippen LogP contribution < -0.4 is 5.32 Å². The molecule has 0 aliphatic rings. The predicted octanol–water partition coefficient (Wildman–Crippen LogP) is 12.6. The molecule has 0 heterocycles. The van der Waals surface area contributed by atoms with Crippen LogP contribution in [0.4, 0.5) is 0 Å². The van der Waals surface area contributed by atoms with E-state index in [0.29, 0.717) is 0 Å². The van der Waals surface area contributed by atoms with Crippen molar-refractivity contribution in [3.05, 3.63) is 0 Å². The third-order valence-corrected chi connectivity index (χ3v) is 8.42. The zero-order valence-corrected chi connectivity index (χ0v) is 26.0. The van der Waals surface area contributed by atoms with Gasteiger partial charge in [0.2, 0.25) is 0 Å². The number of hydrogen-bond donors (Lipinski definition) is 1. The summed E-state index contributed by atoms with van der Waals surface area (Å²) in [6.45, 7) is 5.85. The second kappa shape index (κ2) is 33.0. The van der Waals surface area contributed by atoms with Crippen LogP contribution in [0.2, 0.25) is 0 Å². The Morgan fingerprint density at radius 1 is 0.333 bits per heavy atom. The van der Waals surface area contributed by atoms with Crippen molar-refractivity contribution in [2.24, 2.45) is 5.92 Å². The summed E-state index contributed by atoms with van der Waals surface area (Å²) in [4.78, 5) is 0. The van der Waals surface area contributed by atoms with Crippen LogP contribution in [0.3, 0.4) is 0 Å². The molecule has 0 atom stereocenters. The smallest absolute Gasteiger partial charge is 0.00235 e. The molecule has 0 rings (SSSR count). The molecular weight excluding hydrogens is 434 g/mol. The molecule has 0 aromatic heterocycles. The van der Waals surface area contributed by atoms with Crippen LogP contribution in [0.25, 0.3) is 0 Å². The van der Waals surface area contributed by atoms with Gasteiger partial charge in [0, 0.05) is 0 Å². The van der Waals surface area contributed by atoms with Gasteiger partial charge in [-0.05, 0) is 32.4 Å². The van der Waals surface area contributed by atoms with Gasteiger partial charge >= 0.3 is 0 Å². The van der Waals surface area contributed by atoms with E-state index in [1.54, 1.807) is 0 Å². The summed E-state index contributed by atoms with van der Waals surface area (Å²) in [6.07, 6.45) is 44.0. The monoisotopic (exact) mass is 508 g/mol. The van der Waals surface area contributed by atoms with Gasteiger partial charge in [0.25, 0.3) is 0 Å². The molecule has 0 saturated carbocycles. The van der Waals surface area contributed by atoms with Crippen molar-refractivity contribution in [2.75, 3.05) is 13.6 Å². The van der Waals surface area contributed by atoms with Gasteiger partial charge in [0.1, 0.15) is 0 Å². The first-order valence-corrected chi connectivity index (χ1v) is 17.5. The minimum absolute atomic E-state index is 0.921. The summed E-state index contributed by atoms with van der Waals surface area (Å²) in [6, 6.07) is 0. The molecule has 0 bridgehead atoms. The van der Waals surface area contributed by atoms with Crippen molar-refractivity contribution in [2.45, 2.75) is 206 Å². The van der Waals surface area contributed by atoms with Gasteiger partial charge in [-0.2, -0.15) is 0 Å². The fourth-order valence-corrected chi connectivity index (χ4v) is 5.89. The number of unbranched alkanes of at least 4 members (excludes halogenated alkanes) is 26. The van der Waals surface area contributed by atoms with Gasteiger partial charge in [-0.25, -0.2) is 0 Å². The Labute approximate surface area is 231 Å². The third-order valence-electron chi connectivity index (χ3n) is 8.42. The Morgan fingerprint density at radius 2 is 0.556 bits per heavy atom. The molecule has 1 heteroatoms. The zero-order chi connectivity index (χ0) is 26.2. The Bertz CT molecular complexity index is 334. The number of nitrogens with one attached hydrogen (secondary N) is 1. The molecule has 0 aromatic rings. The van der Waals surface area contributed by atoms with E-state index in [9.17, 15) is 0 Å². The fraction of sp³-hybridized carbons (Fsp3) is 1.00. The zero-order valence-electron chi connectivity index (χ0n) is 26.0. The molecule has 0 spiro atoms. The molecule has 0 aliphatic heterocycles. The van der Waals surface area contributed by atoms with Crippen LogP contribution in [-0.2, 0) is 0 Å². The van der Waals surface area contributed by atoms with Crippen molar-refractivity contribution >= 4 is 0 Å². The average Bonchev–Trinajstić information content (AvgIpc) is 2.89. The predicted molar refractivity (Wildman–Crippen MR) is 167 cm³/mol. The van der Waals surface area contributed by atoms with Gasteiger partial charge < -0.3 is 5.32 Å². The second-order valence-electron chi connectivity index (χ2n) is 12.2. The summed E-state index contributed by atoms with van der Waals surface area (Å²) < 4.78 is 0. The third kappa shape index (κ3) is 30.2. The first kappa shape index (κ1) is 36.0. The van der Waals surface area contributed by atoms with Crippen molar-refractivity contribution < 1.29 is 0 Å². The molecule has 0 aliphatic carbocycles. The molecule has 0 fully saturated rings. The minimum Gasteiger partial charge on any atom is -0.319 e. The van der Waals surface area contributed by atoms with Gasteiger partial charge in [0.15, 0.2) is 0 Å². The Balaban J connectivity index is 3.37. The highest BCUT2D eigenvalue weighted by atomic mass is 14.8. The average molecular weight is 508 g/mol.